The fourth-order valence-corrected chi connectivity index (χ4v) is 1.96. The molecule has 0 spiro atoms. The topological polar surface area (TPSA) is 109 Å². The Labute approximate surface area is 99.6 Å². The number of primary amides is 1. The fourth-order valence-electron chi connectivity index (χ4n) is 1.96. The van der Waals surface area contributed by atoms with Gasteiger partial charge in [0.25, 0.3) is 0 Å². The Hall–Kier alpha value is -1.59. The lowest BCUT2D eigenvalue weighted by Gasteiger charge is -2.27. The quantitative estimate of drug-likeness (QED) is 0.596. The fraction of sp³-hybridized carbons (Fsp3) is 0.727. The number of carbonyl (C=O) groups excluding carboxylic acids is 2. The second kappa shape index (κ2) is 5.65. The summed E-state index contributed by atoms with van der Waals surface area (Å²) in [6.45, 7) is 1.35. The number of aliphatic carboxylic acids is 1. The van der Waals surface area contributed by atoms with E-state index in [1.807, 2.05) is 0 Å². The van der Waals surface area contributed by atoms with Crippen LogP contribution in [0.15, 0.2) is 0 Å². The minimum atomic E-state index is -1.13. The summed E-state index contributed by atoms with van der Waals surface area (Å²) in [6.07, 6.45) is 2.65. The zero-order chi connectivity index (χ0) is 13.0. The smallest absolute Gasteiger partial charge is 0.315 e. The molecule has 1 fully saturated rings. The highest BCUT2D eigenvalue weighted by Crippen LogP contribution is 2.24. The van der Waals surface area contributed by atoms with Gasteiger partial charge in [0.1, 0.15) is 5.92 Å². The van der Waals surface area contributed by atoms with Crippen molar-refractivity contribution < 1.29 is 19.5 Å². The first-order chi connectivity index (χ1) is 7.91. The molecule has 1 saturated carbocycles. The number of carbonyl (C=O) groups is 3. The van der Waals surface area contributed by atoms with Gasteiger partial charge in [-0.15, -0.1) is 0 Å². The predicted molar refractivity (Wildman–Crippen MR) is 59.9 cm³/mol. The van der Waals surface area contributed by atoms with Crippen LogP contribution in [0, 0.1) is 11.8 Å². The molecule has 6 nitrogen and oxygen atoms in total. The summed E-state index contributed by atoms with van der Waals surface area (Å²) < 4.78 is 0. The van der Waals surface area contributed by atoms with Crippen molar-refractivity contribution in [3.63, 3.8) is 0 Å². The molecule has 0 aromatic rings. The van der Waals surface area contributed by atoms with E-state index < -0.39 is 17.8 Å². The van der Waals surface area contributed by atoms with E-state index in [4.69, 9.17) is 10.8 Å². The second-order valence-electron chi connectivity index (χ2n) is 4.52. The Bertz CT molecular complexity index is 321. The van der Waals surface area contributed by atoms with Gasteiger partial charge in [-0.3, -0.25) is 14.4 Å². The number of carboxylic acid groups (broad SMARTS) is 1. The number of amides is 2. The molecule has 2 amide bonds. The van der Waals surface area contributed by atoms with E-state index in [0.717, 1.165) is 0 Å². The van der Waals surface area contributed by atoms with Crippen LogP contribution in [0.25, 0.3) is 0 Å². The Morgan fingerprint density at radius 2 is 1.76 bits per heavy atom. The maximum atomic E-state index is 11.5. The van der Waals surface area contributed by atoms with E-state index in [-0.39, 0.29) is 17.9 Å². The summed E-state index contributed by atoms with van der Waals surface area (Å²) in [5.41, 5.74) is 5.20. The van der Waals surface area contributed by atoms with Gasteiger partial charge in [-0.2, -0.15) is 0 Å². The average Bonchev–Trinajstić information content (AvgIpc) is 2.28. The van der Waals surface area contributed by atoms with Gasteiger partial charge >= 0.3 is 5.97 Å². The highest BCUT2D eigenvalue weighted by molar-refractivity contribution is 5.96. The summed E-state index contributed by atoms with van der Waals surface area (Å²) >= 11 is 0. The number of nitrogens with two attached hydrogens (primary N) is 1. The predicted octanol–water partition coefficient (Wildman–Crippen LogP) is -0.133. The second-order valence-corrected chi connectivity index (χ2v) is 4.52. The van der Waals surface area contributed by atoms with Crippen LogP contribution in [0.4, 0.5) is 0 Å². The van der Waals surface area contributed by atoms with Gasteiger partial charge in [0.2, 0.25) is 11.8 Å². The number of rotatable bonds is 4. The lowest BCUT2D eigenvalue weighted by atomic mass is 9.85. The summed E-state index contributed by atoms with van der Waals surface area (Å²) in [4.78, 5) is 33.0. The van der Waals surface area contributed by atoms with E-state index in [0.29, 0.717) is 25.7 Å². The largest absolute Gasteiger partial charge is 0.481 e. The van der Waals surface area contributed by atoms with Crippen molar-refractivity contribution in [1.82, 2.24) is 5.32 Å². The Morgan fingerprint density at radius 1 is 1.24 bits per heavy atom. The first kappa shape index (κ1) is 13.5. The molecule has 0 aromatic heterocycles. The number of hydrogen-bond donors (Lipinski definition) is 3. The Balaban J connectivity index is 2.38. The van der Waals surface area contributed by atoms with E-state index in [2.05, 4.69) is 5.32 Å². The number of nitrogens with one attached hydrogen (secondary N) is 1. The van der Waals surface area contributed by atoms with E-state index in [9.17, 15) is 14.4 Å². The molecule has 0 heterocycles. The van der Waals surface area contributed by atoms with Crippen molar-refractivity contribution >= 4 is 17.8 Å². The maximum absolute atomic E-state index is 11.5. The van der Waals surface area contributed by atoms with Gasteiger partial charge in [0.15, 0.2) is 0 Å². The monoisotopic (exact) mass is 242 g/mol. The summed E-state index contributed by atoms with van der Waals surface area (Å²) in [5.74, 6) is -3.05. The van der Waals surface area contributed by atoms with Crippen LogP contribution in [0.1, 0.15) is 32.6 Å². The molecule has 1 unspecified atom stereocenters. The molecule has 17 heavy (non-hydrogen) atoms. The van der Waals surface area contributed by atoms with Gasteiger partial charge in [0.05, 0.1) is 0 Å². The molecule has 0 aliphatic heterocycles. The molecule has 0 radical (unpaired) electrons. The maximum Gasteiger partial charge on any atom is 0.315 e. The normalized spacial score (nSPS) is 25.9. The van der Waals surface area contributed by atoms with Gasteiger partial charge in [-0.1, -0.05) is 0 Å². The summed E-state index contributed by atoms with van der Waals surface area (Å²) in [6, 6.07) is -0.0418. The highest BCUT2D eigenvalue weighted by atomic mass is 16.4. The molecule has 1 aliphatic rings. The van der Waals surface area contributed by atoms with Gasteiger partial charge in [-0.25, -0.2) is 0 Å². The third kappa shape index (κ3) is 3.72. The standard InChI is InChI=1S/C11H18N2O4/c1-6(11(16)17)10(15)13-8-4-2-7(3-5-8)9(12)14/h6-8H,2-5H2,1H3,(H2,12,14)(H,13,15)(H,16,17). The summed E-state index contributed by atoms with van der Waals surface area (Å²) in [5, 5.41) is 11.4. The molecule has 1 rings (SSSR count). The first-order valence-corrected chi connectivity index (χ1v) is 5.74. The third-order valence-electron chi connectivity index (χ3n) is 3.24. The molecule has 0 saturated heterocycles. The SMILES string of the molecule is CC(C(=O)O)C(=O)NC1CCC(C(N)=O)CC1. The van der Waals surface area contributed by atoms with Crippen LogP contribution in [0.2, 0.25) is 0 Å². The highest BCUT2D eigenvalue weighted by Gasteiger charge is 2.28. The van der Waals surface area contributed by atoms with Crippen LogP contribution in [-0.2, 0) is 14.4 Å². The van der Waals surface area contributed by atoms with Crippen molar-refractivity contribution in [2.75, 3.05) is 0 Å². The molecule has 1 aliphatic carbocycles. The van der Waals surface area contributed by atoms with Crippen molar-refractivity contribution in [2.24, 2.45) is 17.6 Å². The lowest BCUT2D eigenvalue weighted by Crippen LogP contribution is -2.43. The molecule has 0 bridgehead atoms. The molecule has 4 N–H and O–H groups in total. The van der Waals surface area contributed by atoms with Gasteiger partial charge < -0.3 is 16.2 Å². The zero-order valence-corrected chi connectivity index (χ0v) is 9.81. The van der Waals surface area contributed by atoms with Gasteiger partial charge in [-0.05, 0) is 32.6 Å². The molecule has 0 aromatic carbocycles. The van der Waals surface area contributed by atoms with Crippen molar-refractivity contribution in [2.45, 2.75) is 38.6 Å². The van der Waals surface area contributed by atoms with Crippen LogP contribution < -0.4 is 11.1 Å². The number of hydrogen-bond acceptors (Lipinski definition) is 3. The van der Waals surface area contributed by atoms with Crippen LogP contribution in [0.3, 0.4) is 0 Å². The van der Waals surface area contributed by atoms with Crippen LogP contribution in [0.5, 0.6) is 0 Å². The average molecular weight is 242 g/mol. The molecular weight excluding hydrogens is 224 g/mol. The zero-order valence-electron chi connectivity index (χ0n) is 9.81. The third-order valence-corrected chi connectivity index (χ3v) is 3.24. The molecule has 6 heteroatoms. The van der Waals surface area contributed by atoms with Crippen molar-refractivity contribution in [1.29, 1.82) is 0 Å². The van der Waals surface area contributed by atoms with Crippen molar-refractivity contribution in [3.8, 4) is 0 Å². The summed E-state index contributed by atoms with van der Waals surface area (Å²) in [7, 11) is 0. The van der Waals surface area contributed by atoms with Crippen LogP contribution >= 0.6 is 0 Å². The minimum absolute atomic E-state index is 0.0418. The Morgan fingerprint density at radius 3 is 2.18 bits per heavy atom. The van der Waals surface area contributed by atoms with E-state index in [1.54, 1.807) is 0 Å². The van der Waals surface area contributed by atoms with E-state index in [1.165, 1.54) is 6.92 Å². The molecule has 1 atom stereocenters. The van der Waals surface area contributed by atoms with E-state index >= 15 is 0 Å². The first-order valence-electron chi connectivity index (χ1n) is 5.74. The molecular formula is C11H18N2O4. The Kier molecular flexibility index (Phi) is 4.48. The van der Waals surface area contributed by atoms with Crippen LogP contribution in [-0.4, -0.2) is 28.9 Å². The van der Waals surface area contributed by atoms with Crippen molar-refractivity contribution in [3.05, 3.63) is 0 Å². The van der Waals surface area contributed by atoms with Gasteiger partial charge in [0, 0.05) is 12.0 Å². The lowest BCUT2D eigenvalue weighted by molar-refractivity contribution is -0.146. The number of carboxylic acids is 1. The molecule has 96 valence electrons. The minimum Gasteiger partial charge on any atom is -0.481 e.